The molecule has 0 aromatic rings. The zero-order chi connectivity index (χ0) is 10.9. The van der Waals surface area contributed by atoms with Gasteiger partial charge in [-0.15, -0.1) is 4.40 Å². The van der Waals surface area contributed by atoms with Crippen LogP contribution in [0.3, 0.4) is 0 Å². The van der Waals surface area contributed by atoms with E-state index in [9.17, 15) is 13.2 Å². The Morgan fingerprint density at radius 2 is 2.07 bits per heavy atom. The number of carbonyl (C=O) groups is 1. The molecule has 1 heterocycles. The average molecular weight is 218 g/mol. The van der Waals surface area contributed by atoms with Gasteiger partial charge in [-0.25, -0.2) is 0 Å². The molecule has 0 unspecified atom stereocenters. The summed E-state index contributed by atoms with van der Waals surface area (Å²) in [5.74, 6) is -1.02. The zero-order valence-electron chi connectivity index (χ0n) is 7.73. The van der Waals surface area contributed by atoms with Crippen LogP contribution in [0.2, 0.25) is 0 Å². The molecule has 6 nitrogen and oxygen atoms in total. The molecule has 0 fully saturated rings. The van der Waals surface area contributed by atoms with Crippen LogP contribution in [0.25, 0.3) is 0 Å². The lowest BCUT2D eigenvalue weighted by molar-refractivity contribution is -0.136. The Balaban J connectivity index is 3.09. The van der Waals surface area contributed by atoms with Crippen molar-refractivity contribution in [1.29, 1.82) is 0 Å². The van der Waals surface area contributed by atoms with Crippen molar-refractivity contribution in [1.82, 2.24) is 4.72 Å². The molecule has 2 N–H and O–H groups in total. The van der Waals surface area contributed by atoms with E-state index in [0.29, 0.717) is 11.3 Å². The quantitative estimate of drug-likeness (QED) is 0.684. The van der Waals surface area contributed by atoms with Crippen molar-refractivity contribution < 1.29 is 18.3 Å². The van der Waals surface area contributed by atoms with Crippen molar-refractivity contribution in [3.05, 3.63) is 11.3 Å². The van der Waals surface area contributed by atoms with E-state index in [0.717, 1.165) is 0 Å². The van der Waals surface area contributed by atoms with Crippen LogP contribution in [-0.2, 0) is 15.0 Å². The second kappa shape index (κ2) is 3.41. The van der Waals surface area contributed by atoms with Crippen LogP contribution >= 0.6 is 0 Å². The van der Waals surface area contributed by atoms with Crippen molar-refractivity contribution in [2.24, 2.45) is 4.40 Å². The number of rotatable bonds is 2. The molecule has 78 valence electrons. The molecule has 0 radical (unpaired) electrons. The lowest BCUT2D eigenvalue weighted by atomic mass is 10.1. The second-order valence-electron chi connectivity index (χ2n) is 2.93. The summed E-state index contributed by atoms with van der Waals surface area (Å²) in [5.41, 5.74) is 0.955. The normalized spacial score (nSPS) is 20.0. The van der Waals surface area contributed by atoms with Crippen molar-refractivity contribution in [2.75, 3.05) is 0 Å². The smallest absolute Gasteiger partial charge is 0.342 e. The fourth-order valence-electron chi connectivity index (χ4n) is 1.20. The van der Waals surface area contributed by atoms with Gasteiger partial charge < -0.3 is 5.11 Å². The molecular formula is C7H10N2O4S. The molecule has 0 aromatic carbocycles. The third kappa shape index (κ3) is 2.32. The van der Waals surface area contributed by atoms with Crippen LogP contribution in [-0.4, -0.2) is 25.2 Å². The Kier molecular flexibility index (Phi) is 2.61. The second-order valence-corrected chi connectivity index (χ2v) is 4.26. The van der Waals surface area contributed by atoms with Crippen LogP contribution in [0.15, 0.2) is 15.7 Å². The number of carboxylic acid groups (broad SMARTS) is 1. The van der Waals surface area contributed by atoms with E-state index in [4.69, 9.17) is 5.11 Å². The fourth-order valence-corrected chi connectivity index (χ4v) is 2.22. The van der Waals surface area contributed by atoms with Crippen LogP contribution in [0.1, 0.15) is 20.3 Å². The first-order chi connectivity index (χ1) is 6.32. The van der Waals surface area contributed by atoms with E-state index in [1.54, 1.807) is 0 Å². The van der Waals surface area contributed by atoms with Crippen LogP contribution < -0.4 is 4.72 Å². The standard InChI is InChI=1S/C7H10N2O4S/c1-4-6(3-7(10)11)5(2)9-14(12,13)8-4/h8H,3H2,1-2H3,(H,10,11). The molecule has 1 rings (SSSR count). The summed E-state index contributed by atoms with van der Waals surface area (Å²) in [7, 11) is -3.66. The van der Waals surface area contributed by atoms with E-state index in [1.165, 1.54) is 13.8 Å². The lowest BCUT2D eigenvalue weighted by Gasteiger charge is -2.16. The first-order valence-corrected chi connectivity index (χ1v) is 5.27. The molecular weight excluding hydrogens is 208 g/mol. The molecule has 7 heteroatoms. The number of aliphatic carboxylic acids is 1. The van der Waals surface area contributed by atoms with Crippen molar-refractivity contribution >= 4 is 21.9 Å². The molecule has 0 amide bonds. The number of hydrogen-bond donors (Lipinski definition) is 2. The number of nitrogens with one attached hydrogen (secondary N) is 1. The lowest BCUT2D eigenvalue weighted by Crippen LogP contribution is -2.28. The van der Waals surface area contributed by atoms with Crippen LogP contribution in [0.5, 0.6) is 0 Å². The van der Waals surface area contributed by atoms with E-state index < -0.39 is 16.2 Å². The van der Waals surface area contributed by atoms with Gasteiger partial charge in [0.1, 0.15) is 0 Å². The van der Waals surface area contributed by atoms with Gasteiger partial charge in [0.05, 0.1) is 12.1 Å². The minimum atomic E-state index is -3.66. The summed E-state index contributed by atoms with van der Waals surface area (Å²) >= 11 is 0. The Morgan fingerprint density at radius 3 is 2.50 bits per heavy atom. The molecule has 0 bridgehead atoms. The maximum atomic E-state index is 11.0. The maximum absolute atomic E-state index is 11.0. The summed E-state index contributed by atoms with van der Waals surface area (Å²) in [6.45, 7) is 2.98. The highest BCUT2D eigenvalue weighted by Gasteiger charge is 2.21. The van der Waals surface area contributed by atoms with E-state index >= 15 is 0 Å². The number of carboxylic acids is 1. The number of hydrogen-bond acceptors (Lipinski definition) is 3. The highest BCUT2D eigenvalue weighted by molar-refractivity contribution is 7.88. The highest BCUT2D eigenvalue weighted by Crippen LogP contribution is 2.15. The van der Waals surface area contributed by atoms with Gasteiger partial charge in [-0.05, 0) is 13.8 Å². The Morgan fingerprint density at radius 1 is 1.50 bits per heavy atom. The van der Waals surface area contributed by atoms with Gasteiger partial charge in [-0.1, -0.05) is 0 Å². The first kappa shape index (κ1) is 10.7. The largest absolute Gasteiger partial charge is 0.481 e. The molecule has 0 aromatic heterocycles. The minimum Gasteiger partial charge on any atom is -0.481 e. The minimum absolute atomic E-state index is 0.226. The van der Waals surface area contributed by atoms with Gasteiger partial charge in [0.25, 0.3) is 0 Å². The Labute approximate surface area is 81.5 Å². The third-order valence-corrected chi connectivity index (χ3v) is 2.83. The summed E-state index contributed by atoms with van der Waals surface area (Å²) < 4.78 is 27.5. The van der Waals surface area contributed by atoms with Crippen LogP contribution in [0, 0.1) is 0 Å². The highest BCUT2D eigenvalue weighted by atomic mass is 32.2. The van der Waals surface area contributed by atoms with Gasteiger partial charge in [-0.2, -0.15) is 8.42 Å². The van der Waals surface area contributed by atoms with Gasteiger partial charge in [0.15, 0.2) is 0 Å². The fraction of sp³-hybridized carbons (Fsp3) is 0.429. The first-order valence-electron chi connectivity index (χ1n) is 3.83. The van der Waals surface area contributed by atoms with E-state index in [-0.39, 0.29) is 12.1 Å². The predicted octanol–water partition coefficient (Wildman–Crippen LogP) is 0.0440. The summed E-state index contributed by atoms with van der Waals surface area (Å²) in [5, 5.41) is 8.56. The number of allylic oxidation sites excluding steroid dienone is 1. The molecule has 0 spiro atoms. The third-order valence-electron chi connectivity index (χ3n) is 1.76. The average Bonchev–Trinajstić information content (AvgIpc) is 1.94. The summed E-state index contributed by atoms with van der Waals surface area (Å²) in [4.78, 5) is 10.5. The van der Waals surface area contributed by atoms with Crippen molar-refractivity contribution in [2.45, 2.75) is 20.3 Å². The Bertz CT molecular complexity index is 433. The Hall–Kier alpha value is -1.37. The maximum Gasteiger partial charge on any atom is 0.342 e. The van der Waals surface area contributed by atoms with Crippen LogP contribution in [0.4, 0.5) is 0 Å². The van der Waals surface area contributed by atoms with Gasteiger partial charge in [0.2, 0.25) is 0 Å². The van der Waals surface area contributed by atoms with Gasteiger partial charge in [0, 0.05) is 11.3 Å². The predicted molar refractivity (Wildman–Crippen MR) is 50.1 cm³/mol. The van der Waals surface area contributed by atoms with Gasteiger partial charge in [-0.3, -0.25) is 9.52 Å². The molecule has 14 heavy (non-hydrogen) atoms. The molecule has 1 aliphatic heterocycles. The number of nitrogens with zero attached hydrogens (tertiary/aromatic N) is 1. The zero-order valence-corrected chi connectivity index (χ0v) is 8.55. The molecule has 0 aliphatic carbocycles. The van der Waals surface area contributed by atoms with Crippen molar-refractivity contribution in [3.63, 3.8) is 0 Å². The monoisotopic (exact) mass is 218 g/mol. The summed E-state index contributed by atoms with van der Waals surface area (Å²) in [6, 6.07) is 0. The molecule has 0 saturated carbocycles. The van der Waals surface area contributed by atoms with E-state index in [1.807, 2.05) is 0 Å². The molecule has 0 atom stereocenters. The van der Waals surface area contributed by atoms with E-state index in [2.05, 4.69) is 9.12 Å². The summed E-state index contributed by atoms with van der Waals surface area (Å²) in [6.07, 6.45) is -0.232. The molecule has 1 aliphatic rings. The SMILES string of the molecule is CC1=NS(=O)(=O)NC(C)=C1CC(=O)O. The topological polar surface area (TPSA) is 95.8 Å². The van der Waals surface area contributed by atoms with Crippen molar-refractivity contribution in [3.8, 4) is 0 Å². The molecule has 0 saturated heterocycles. The van der Waals surface area contributed by atoms with Gasteiger partial charge >= 0.3 is 16.2 Å².